The van der Waals surface area contributed by atoms with Crippen molar-refractivity contribution in [1.29, 1.82) is 0 Å². The monoisotopic (exact) mass is 315 g/mol. The summed E-state index contributed by atoms with van der Waals surface area (Å²) in [7, 11) is 0. The molecule has 2 aromatic carbocycles. The second-order valence-electron chi connectivity index (χ2n) is 5.54. The van der Waals surface area contributed by atoms with Crippen molar-refractivity contribution in [1.82, 2.24) is 5.32 Å². The second kappa shape index (κ2) is 9.30. The number of ether oxygens (including phenoxy) is 1. The zero-order valence-electron chi connectivity index (χ0n) is 13.5. The molecular formula is C19H25NO3. The molecule has 2 rings (SSSR count). The number of rotatable bonds is 9. The van der Waals surface area contributed by atoms with E-state index in [1.807, 2.05) is 61.5 Å². The summed E-state index contributed by atoms with van der Waals surface area (Å²) in [6.07, 6.45) is 0.803. The van der Waals surface area contributed by atoms with E-state index in [-0.39, 0.29) is 25.3 Å². The van der Waals surface area contributed by atoms with Crippen LogP contribution in [0.25, 0.3) is 0 Å². The third kappa shape index (κ3) is 5.36. The molecule has 0 fully saturated rings. The van der Waals surface area contributed by atoms with Gasteiger partial charge in [0.25, 0.3) is 0 Å². The van der Waals surface area contributed by atoms with Crippen LogP contribution in [0.2, 0.25) is 0 Å². The Hall–Kier alpha value is -1.88. The fourth-order valence-corrected chi connectivity index (χ4v) is 2.40. The zero-order valence-corrected chi connectivity index (χ0v) is 13.5. The Balaban J connectivity index is 2.02. The molecule has 2 aromatic rings. The fourth-order valence-electron chi connectivity index (χ4n) is 2.40. The third-order valence-corrected chi connectivity index (χ3v) is 3.84. The van der Waals surface area contributed by atoms with Crippen LogP contribution in [-0.4, -0.2) is 29.5 Å². The molecule has 3 N–H and O–H groups in total. The first-order valence-corrected chi connectivity index (χ1v) is 8.01. The van der Waals surface area contributed by atoms with Gasteiger partial charge < -0.3 is 20.3 Å². The van der Waals surface area contributed by atoms with E-state index in [2.05, 4.69) is 5.32 Å². The summed E-state index contributed by atoms with van der Waals surface area (Å²) in [6, 6.07) is 17.5. The molecule has 4 heteroatoms. The van der Waals surface area contributed by atoms with E-state index in [0.717, 1.165) is 23.3 Å². The highest BCUT2D eigenvalue weighted by Gasteiger charge is 2.15. The number of hydrogen-bond donors (Lipinski definition) is 3. The van der Waals surface area contributed by atoms with Crippen molar-refractivity contribution in [2.75, 3.05) is 13.2 Å². The van der Waals surface area contributed by atoms with Gasteiger partial charge in [-0.05, 0) is 29.7 Å². The van der Waals surface area contributed by atoms with Gasteiger partial charge in [0.05, 0.1) is 19.3 Å². The van der Waals surface area contributed by atoms with Gasteiger partial charge in [0.15, 0.2) is 0 Å². The highest BCUT2D eigenvalue weighted by molar-refractivity contribution is 5.31. The average Bonchev–Trinajstić information content (AvgIpc) is 2.62. The van der Waals surface area contributed by atoms with Gasteiger partial charge in [-0.3, -0.25) is 0 Å². The Morgan fingerprint density at radius 1 is 1.00 bits per heavy atom. The molecule has 0 aliphatic carbocycles. The van der Waals surface area contributed by atoms with Crippen LogP contribution in [0.5, 0.6) is 5.75 Å². The van der Waals surface area contributed by atoms with E-state index in [9.17, 15) is 10.2 Å². The predicted molar refractivity (Wildman–Crippen MR) is 91.3 cm³/mol. The molecule has 0 aliphatic heterocycles. The minimum atomic E-state index is -0.215. The third-order valence-electron chi connectivity index (χ3n) is 3.84. The van der Waals surface area contributed by atoms with Crippen LogP contribution in [0.3, 0.4) is 0 Å². The summed E-state index contributed by atoms with van der Waals surface area (Å²) in [5.41, 5.74) is 2.06. The molecule has 0 aliphatic rings. The first-order valence-electron chi connectivity index (χ1n) is 8.01. The topological polar surface area (TPSA) is 61.7 Å². The van der Waals surface area contributed by atoms with E-state index >= 15 is 0 Å². The van der Waals surface area contributed by atoms with E-state index in [1.165, 1.54) is 0 Å². The Morgan fingerprint density at radius 3 is 2.43 bits per heavy atom. The second-order valence-corrected chi connectivity index (χ2v) is 5.54. The molecule has 0 heterocycles. The fraction of sp³-hybridized carbons (Fsp3) is 0.368. The SMILES string of the molecule is CCC(CO)NC(CO)c1cccc(OCc2ccccc2)c1. The molecule has 0 saturated heterocycles. The van der Waals surface area contributed by atoms with Crippen LogP contribution >= 0.6 is 0 Å². The van der Waals surface area contributed by atoms with E-state index in [4.69, 9.17) is 4.74 Å². The molecule has 0 saturated carbocycles. The highest BCUT2D eigenvalue weighted by Crippen LogP contribution is 2.21. The van der Waals surface area contributed by atoms with Gasteiger partial charge in [0.1, 0.15) is 12.4 Å². The first-order chi connectivity index (χ1) is 11.3. The number of nitrogens with one attached hydrogen (secondary N) is 1. The lowest BCUT2D eigenvalue weighted by atomic mass is 10.1. The van der Waals surface area contributed by atoms with Crippen molar-refractivity contribution in [3.8, 4) is 5.75 Å². The average molecular weight is 315 g/mol. The van der Waals surface area contributed by atoms with E-state index in [0.29, 0.717) is 6.61 Å². The minimum Gasteiger partial charge on any atom is -0.489 e. The molecule has 124 valence electrons. The highest BCUT2D eigenvalue weighted by atomic mass is 16.5. The maximum atomic E-state index is 9.63. The molecule has 23 heavy (non-hydrogen) atoms. The normalized spacial score (nSPS) is 13.5. The quantitative estimate of drug-likeness (QED) is 0.666. The standard InChI is InChI=1S/C19H25NO3/c1-2-17(12-21)20-19(13-22)16-9-6-10-18(11-16)23-14-15-7-4-3-5-8-15/h3-11,17,19-22H,2,12-14H2,1H3. The maximum Gasteiger partial charge on any atom is 0.120 e. The lowest BCUT2D eigenvalue weighted by Crippen LogP contribution is -2.36. The summed E-state index contributed by atoms with van der Waals surface area (Å²) in [5.74, 6) is 0.767. The van der Waals surface area contributed by atoms with Crippen molar-refractivity contribution < 1.29 is 14.9 Å². The smallest absolute Gasteiger partial charge is 0.120 e. The van der Waals surface area contributed by atoms with Gasteiger partial charge in [-0.2, -0.15) is 0 Å². The Kier molecular flexibility index (Phi) is 7.07. The van der Waals surface area contributed by atoms with Crippen molar-refractivity contribution in [2.45, 2.75) is 32.0 Å². The van der Waals surface area contributed by atoms with Crippen molar-refractivity contribution in [3.05, 3.63) is 65.7 Å². The van der Waals surface area contributed by atoms with Gasteiger partial charge in [-0.15, -0.1) is 0 Å². The molecule has 0 radical (unpaired) electrons. The number of hydrogen-bond acceptors (Lipinski definition) is 4. The van der Waals surface area contributed by atoms with Crippen molar-refractivity contribution in [2.24, 2.45) is 0 Å². The van der Waals surface area contributed by atoms with Gasteiger partial charge >= 0.3 is 0 Å². The van der Waals surface area contributed by atoms with Crippen LogP contribution in [-0.2, 0) is 6.61 Å². The van der Waals surface area contributed by atoms with Crippen molar-refractivity contribution >= 4 is 0 Å². The summed E-state index contributed by atoms with van der Waals surface area (Å²) in [6.45, 7) is 2.54. The molecule has 0 aromatic heterocycles. The van der Waals surface area contributed by atoms with Crippen LogP contribution in [0.1, 0.15) is 30.5 Å². The van der Waals surface area contributed by atoms with Gasteiger partial charge in [0.2, 0.25) is 0 Å². The maximum absolute atomic E-state index is 9.63. The van der Waals surface area contributed by atoms with Crippen LogP contribution < -0.4 is 10.1 Å². The zero-order chi connectivity index (χ0) is 16.5. The Labute approximate surface area is 137 Å². The molecule has 2 atom stereocenters. The van der Waals surface area contributed by atoms with Crippen molar-refractivity contribution in [3.63, 3.8) is 0 Å². The summed E-state index contributed by atoms with van der Waals surface area (Å²) < 4.78 is 5.83. The van der Waals surface area contributed by atoms with Crippen LogP contribution in [0.4, 0.5) is 0 Å². The van der Waals surface area contributed by atoms with Gasteiger partial charge in [-0.1, -0.05) is 49.4 Å². The van der Waals surface area contributed by atoms with E-state index < -0.39 is 0 Å². The van der Waals surface area contributed by atoms with Crippen LogP contribution in [0, 0.1) is 0 Å². The molecule has 0 amide bonds. The van der Waals surface area contributed by atoms with Gasteiger partial charge in [-0.25, -0.2) is 0 Å². The summed E-state index contributed by atoms with van der Waals surface area (Å²) in [5, 5.41) is 22.2. The predicted octanol–water partition coefficient (Wildman–Crippen LogP) is 2.66. The molecular weight excluding hydrogens is 290 g/mol. The summed E-state index contributed by atoms with van der Waals surface area (Å²) >= 11 is 0. The van der Waals surface area contributed by atoms with Crippen LogP contribution in [0.15, 0.2) is 54.6 Å². The molecule has 4 nitrogen and oxygen atoms in total. The molecule has 0 bridgehead atoms. The van der Waals surface area contributed by atoms with E-state index in [1.54, 1.807) is 0 Å². The number of benzene rings is 2. The lowest BCUT2D eigenvalue weighted by Gasteiger charge is -2.23. The first kappa shape index (κ1) is 17.5. The summed E-state index contributed by atoms with van der Waals surface area (Å²) in [4.78, 5) is 0. The molecule has 2 unspecified atom stereocenters. The number of aliphatic hydroxyl groups excluding tert-OH is 2. The van der Waals surface area contributed by atoms with Gasteiger partial charge in [0, 0.05) is 6.04 Å². The minimum absolute atomic E-state index is 0.0268. The lowest BCUT2D eigenvalue weighted by molar-refractivity contribution is 0.191. The number of aliphatic hydroxyl groups is 2. The largest absolute Gasteiger partial charge is 0.489 e. The Morgan fingerprint density at radius 2 is 1.78 bits per heavy atom. The Bertz CT molecular complexity index is 570. The molecule has 0 spiro atoms.